The molecule has 5 atom stereocenters. The molecule has 64 heavy (non-hydrogen) atoms. The summed E-state index contributed by atoms with van der Waals surface area (Å²) in [6.45, 7) is 0. The molecule has 4 aliphatic rings. The van der Waals surface area contributed by atoms with Crippen molar-refractivity contribution in [2.24, 2.45) is 0 Å². The fraction of sp³-hybridized carbons (Fsp3) is 0.140. The molecule has 0 saturated heterocycles. The highest BCUT2D eigenvalue weighted by molar-refractivity contribution is 5.91. The van der Waals surface area contributed by atoms with Crippen molar-refractivity contribution >= 4 is 5.97 Å². The second-order valence-corrected chi connectivity index (χ2v) is 15.0. The lowest BCUT2D eigenvalue weighted by atomic mass is 9.77. The van der Waals surface area contributed by atoms with E-state index in [2.05, 4.69) is 0 Å². The van der Waals surface area contributed by atoms with Crippen LogP contribution in [0.4, 0.5) is 0 Å². The van der Waals surface area contributed by atoms with E-state index in [0.29, 0.717) is 0 Å². The smallest absolute Gasteiger partial charge is 0.338 e. The molecular formula is C43H32O21. The highest BCUT2D eigenvalue weighted by Crippen LogP contribution is 2.61. The zero-order valence-corrected chi connectivity index (χ0v) is 32.0. The zero-order chi connectivity index (χ0) is 45.8. The Morgan fingerprint density at radius 3 is 1.77 bits per heavy atom. The Bertz CT molecular complexity index is 2940. The minimum Gasteiger partial charge on any atom is -0.508 e. The fourth-order valence-electron chi connectivity index (χ4n) is 8.11. The maximum Gasteiger partial charge on any atom is 0.338 e. The van der Waals surface area contributed by atoms with Crippen LogP contribution in [0.2, 0.25) is 0 Å². The number of phenolic OH excluding ortho intramolecular Hbond substituents is 15. The molecule has 4 heterocycles. The molecule has 8 bridgehead atoms. The average molecular weight is 885 g/mol. The summed E-state index contributed by atoms with van der Waals surface area (Å²) in [7, 11) is 0. The van der Waals surface area contributed by atoms with Gasteiger partial charge in [0.15, 0.2) is 70.1 Å². The number of ether oxygens (including phenoxy) is 5. The molecule has 0 fully saturated rings. The number of carbonyl (C=O) groups is 1. The number of aromatic hydroxyl groups is 15. The van der Waals surface area contributed by atoms with E-state index in [-0.39, 0.29) is 16.7 Å². The minimum absolute atomic E-state index is 0.177. The van der Waals surface area contributed by atoms with E-state index in [1.165, 1.54) is 0 Å². The Morgan fingerprint density at radius 2 is 1.09 bits per heavy atom. The molecule has 0 spiro atoms. The van der Waals surface area contributed by atoms with Gasteiger partial charge in [-0.2, -0.15) is 0 Å². The van der Waals surface area contributed by atoms with Crippen LogP contribution in [0.25, 0.3) is 0 Å². The molecule has 0 aromatic heterocycles. The van der Waals surface area contributed by atoms with Gasteiger partial charge in [-0.1, -0.05) is 0 Å². The number of hydrogen-bond acceptors (Lipinski definition) is 21. The predicted molar refractivity (Wildman–Crippen MR) is 210 cm³/mol. The summed E-state index contributed by atoms with van der Waals surface area (Å²) in [4.78, 5) is 14.0. The van der Waals surface area contributed by atoms with Crippen LogP contribution in [0.5, 0.6) is 115 Å². The van der Waals surface area contributed by atoms with Gasteiger partial charge in [0, 0.05) is 64.6 Å². The first-order valence-corrected chi connectivity index (χ1v) is 18.7. The van der Waals surface area contributed by atoms with Crippen molar-refractivity contribution in [1.82, 2.24) is 0 Å². The van der Waals surface area contributed by atoms with Crippen molar-refractivity contribution < 1.29 is 105 Å². The summed E-state index contributed by atoms with van der Waals surface area (Å²) in [6.07, 6.45) is -7.56. The third-order valence-electron chi connectivity index (χ3n) is 11.0. The quantitative estimate of drug-likeness (QED) is 0.0821. The number of fused-ring (bicyclic) bond motifs is 3. The molecule has 0 aliphatic carbocycles. The first-order chi connectivity index (χ1) is 30.3. The molecule has 0 saturated carbocycles. The molecule has 6 aromatic rings. The van der Waals surface area contributed by atoms with Gasteiger partial charge < -0.3 is 100 Å². The van der Waals surface area contributed by atoms with E-state index in [9.17, 15) is 81.4 Å². The molecule has 4 aliphatic heterocycles. The summed E-state index contributed by atoms with van der Waals surface area (Å²) < 4.78 is 31.0. The van der Waals surface area contributed by atoms with Gasteiger partial charge in [-0.3, -0.25) is 0 Å². The molecule has 0 radical (unpaired) electrons. The fourth-order valence-corrected chi connectivity index (χ4v) is 8.11. The van der Waals surface area contributed by atoms with Crippen LogP contribution in [0.1, 0.15) is 56.3 Å². The summed E-state index contributed by atoms with van der Waals surface area (Å²) in [5, 5.41) is 164. The van der Waals surface area contributed by atoms with E-state index in [4.69, 9.17) is 23.7 Å². The summed E-state index contributed by atoms with van der Waals surface area (Å²) in [6, 6.07) is 8.66. The Balaban J connectivity index is 1.42. The minimum atomic E-state index is -1.93. The molecule has 10 rings (SSSR count). The molecule has 6 aromatic carbocycles. The third-order valence-corrected chi connectivity index (χ3v) is 11.0. The van der Waals surface area contributed by atoms with Crippen LogP contribution >= 0.6 is 0 Å². The van der Waals surface area contributed by atoms with Crippen LogP contribution in [0, 0.1) is 0 Å². The molecular weight excluding hydrogens is 852 g/mol. The van der Waals surface area contributed by atoms with Crippen molar-refractivity contribution in [2.45, 2.75) is 36.8 Å². The number of carbonyl (C=O) groups excluding carboxylic acids is 1. The third kappa shape index (κ3) is 6.28. The lowest BCUT2D eigenvalue weighted by molar-refractivity contribution is -0.0205. The maximum atomic E-state index is 14.0. The monoisotopic (exact) mass is 884 g/mol. The van der Waals surface area contributed by atoms with Crippen molar-refractivity contribution in [3.63, 3.8) is 0 Å². The first kappa shape index (κ1) is 40.4. The second-order valence-electron chi connectivity index (χ2n) is 15.0. The molecule has 1 unspecified atom stereocenters. The Hall–Kier alpha value is -9.01. The second kappa shape index (κ2) is 14.3. The normalized spacial score (nSPS) is 19.6. The van der Waals surface area contributed by atoms with Crippen molar-refractivity contribution in [3.05, 3.63) is 94.0 Å². The van der Waals surface area contributed by atoms with Gasteiger partial charge >= 0.3 is 5.97 Å². The topological polar surface area (TPSA) is 367 Å². The Kier molecular flexibility index (Phi) is 9.02. The van der Waals surface area contributed by atoms with Crippen molar-refractivity contribution in [2.75, 3.05) is 0 Å². The van der Waals surface area contributed by atoms with E-state index in [1.807, 2.05) is 0 Å². The SMILES string of the molecule is O=C1O[C@@H]2Cc3c(O)cc(O)c(c3O[C@@H]2c2cc(O)c(O)c(O)c2)C2c3c(O)cc(O)cc3O[C@H](c3cc(O)c(O)c(O)c3Oc3cc1cc(O)c3O)[C@@H]2Oc1cc(O)c(O)c(O)c1. The number of esters is 1. The number of benzene rings is 6. The van der Waals surface area contributed by atoms with Gasteiger partial charge in [0.25, 0.3) is 0 Å². The van der Waals surface area contributed by atoms with Crippen LogP contribution in [0.3, 0.4) is 0 Å². The van der Waals surface area contributed by atoms with Gasteiger partial charge in [-0.05, 0) is 30.3 Å². The standard InChI is InChI=1S/C43H32O21/c44-14-5-19(46)30-27(6-14)61-41-17-9-26(53)36(57)37(58)40(17)62-28-4-13(3-23(50)35(28)56)43(59)63-29-10-16-18(45)11-20(47)31(32(30)42(41)60-15-7-24(51)34(55)25(52)8-15)39(16)64-38(29)12-1-21(48)33(54)22(49)2-12/h1-9,11,29,32,38,41-42,44-58H,10H2/t29-,32?,38-,41-,42-/m1/s1. The summed E-state index contributed by atoms with van der Waals surface area (Å²) in [5.74, 6) is -19.8. The number of hydrogen-bond donors (Lipinski definition) is 15. The molecule has 330 valence electrons. The van der Waals surface area contributed by atoms with Crippen molar-refractivity contribution in [3.8, 4) is 115 Å². The van der Waals surface area contributed by atoms with E-state index in [1.54, 1.807) is 0 Å². The van der Waals surface area contributed by atoms with E-state index in [0.717, 1.165) is 60.7 Å². The van der Waals surface area contributed by atoms with Gasteiger partial charge in [-0.25, -0.2) is 4.79 Å². The van der Waals surface area contributed by atoms with Gasteiger partial charge in [-0.15, -0.1) is 0 Å². The lowest BCUT2D eigenvalue weighted by Gasteiger charge is -2.42. The maximum absolute atomic E-state index is 14.0. The zero-order valence-electron chi connectivity index (χ0n) is 32.0. The highest BCUT2D eigenvalue weighted by Gasteiger charge is 2.50. The first-order valence-electron chi connectivity index (χ1n) is 18.7. The van der Waals surface area contributed by atoms with Gasteiger partial charge in [0.2, 0.25) is 23.0 Å². The molecule has 15 N–H and O–H groups in total. The Morgan fingerprint density at radius 1 is 0.484 bits per heavy atom. The highest BCUT2D eigenvalue weighted by atomic mass is 16.6. The van der Waals surface area contributed by atoms with Crippen LogP contribution < -0.4 is 18.9 Å². The summed E-state index contributed by atoms with van der Waals surface area (Å²) >= 11 is 0. The Labute approximate surface area is 356 Å². The largest absolute Gasteiger partial charge is 0.508 e. The van der Waals surface area contributed by atoms with Gasteiger partial charge in [0.1, 0.15) is 46.4 Å². The number of phenols is 15. The predicted octanol–water partition coefficient (Wildman–Crippen LogP) is 4.99. The van der Waals surface area contributed by atoms with Crippen LogP contribution in [-0.2, 0) is 11.2 Å². The van der Waals surface area contributed by atoms with Gasteiger partial charge in [0.05, 0.1) is 11.5 Å². The molecule has 0 amide bonds. The van der Waals surface area contributed by atoms with E-state index < -0.39 is 174 Å². The molecule has 21 nitrogen and oxygen atoms in total. The van der Waals surface area contributed by atoms with Crippen LogP contribution in [0.15, 0.2) is 60.7 Å². The summed E-state index contributed by atoms with van der Waals surface area (Å²) in [5.41, 5.74) is -2.14. The van der Waals surface area contributed by atoms with E-state index >= 15 is 0 Å². The number of rotatable bonds is 3. The lowest BCUT2D eigenvalue weighted by Crippen LogP contribution is -2.41. The van der Waals surface area contributed by atoms with Crippen LogP contribution in [-0.4, -0.2) is 94.8 Å². The average Bonchev–Trinajstić information content (AvgIpc) is 3.23. The van der Waals surface area contributed by atoms with Crippen molar-refractivity contribution in [1.29, 1.82) is 0 Å². The molecule has 21 heteroatoms.